The molecular formula is C33H51N7O11. The maximum absolute atomic E-state index is 14.0. The second kappa shape index (κ2) is 21.9. The lowest BCUT2D eigenvalue weighted by Gasteiger charge is -2.36. The van der Waals surface area contributed by atoms with Crippen LogP contribution in [0.4, 0.5) is 0 Å². The van der Waals surface area contributed by atoms with Crippen molar-refractivity contribution in [3.8, 4) is 0 Å². The number of unbranched alkanes of at least 4 members (excludes halogenated alkanes) is 1. The fourth-order valence-corrected chi connectivity index (χ4v) is 5.04. The van der Waals surface area contributed by atoms with Gasteiger partial charge in [0.25, 0.3) is 0 Å². The van der Waals surface area contributed by atoms with Crippen molar-refractivity contribution < 1.29 is 53.7 Å². The summed E-state index contributed by atoms with van der Waals surface area (Å²) in [6, 6.07) is 0.197. The number of nitrogens with two attached hydrogens (primary N) is 2. The van der Waals surface area contributed by atoms with Crippen molar-refractivity contribution >= 4 is 47.4 Å². The smallest absolute Gasteiger partial charge is 0.326 e. The van der Waals surface area contributed by atoms with Crippen LogP contribution in [0.15, 0.2) is 30.3 Å². The van der Waals surface area contributed by atoms with E-state index in [0.29, 0.717) is 24.9 Å². The summed E-state index contributed by atoms with van der Waals surface area (Å²) in [4.78, 5) is 101. The van der Waals surface area contributed by atoms with Gasteiger partial charge in [-0.25, -0.2) is 4.79 Å². The predicted molar refractivity (Wildman–Crippen MR) is 183 cm³/mol. The van der Waals surface area contributed by atoms with E-state index < -0.39 is 109 Å². The molecule has 1 aromatic carbocycles. The van der Waals surface area contributed by atoms with Crippen LogP contribution in [0.3, 0.4) is 0 Å². The molecule has 0 spiro atoms. The van der Waals surface area contributed by atoms with Crippen LogP contribution >= 0.6 is 0 Å². The molecule has 18 heteroatoms. The van der Waals surface area contributed by atoms with Crippen molar-refractivity contribution in [3.63, 3.8) is 0 Å². The van der Waals surface area contributed by atoms with E-state index in [4.69, 9.17) is 21.7 Å². The number of carboxylic acid groups (broad SMARTS) is 3. The summed E-state index contributed by atoms with van der Waals surface area (Å²) < 4.78 is 0. The highest BCUT2D eigenvalue weighted by Crippen LogP contribution is 2.17. The topological polar surface area (TPSA) is 301 Å². The molecule has 0 saturated carbocycles. The minimum atomic E-state index is -1.53. The summed E-state index contributed by atoms with van der Waals surface area (Å²) in [6.07, 6.45) is -0.529. The number of benzene rings is 1. The molecule has 0 bridgehead atoms. The van der Waals surface area contributed by atoms with Gasteiger partial charge in [0.1, 0.15) is 30.2 Å². The van der Waals surface area contributed by atoms with E-state index in [1.54, 1.807) is 44.2 Å². The van der Waals surface area contributed by atoms with Crippen LogP contribution < -0.4 is 32.7 Å². The van der Waals surface area contributed by atoms with Gasteiger partial charge in [0.05, 0.1) is 12.5 Å². The molecule has 6 atom stereocenters. The summed E-state index contributed by atoms with van der Waals surface area (Å²) in [5.74, 6) is -8.12. The maximum atomic E-state index is 14.0. The summed E-state index contributed by atoms with van der Waals surface area (Å²) >= 11 is 0. The Morgan fingerprint density at radius 1 is 0.706 bits per heavy atom. The van der Waals surface area contributed by atoms with E-state index in [2.05, 4.69) is 21.3 Å². The third-order valence-electron chi connectivity index (χ3n) is 7.78. The molecule has 0 aromatic heterocycles. The third kappa shape index (κ3) is 15.5. The van der Waals surface area contributed by atoms with Gasteiger partial charge in [-0.15, -0.1) is 0 Å². The SMILES string of the molecule is CC(C)N(C(=O)[C@H](Cc1ccccc1)NC(=O)[C@H](C)NC(=O)[C@H](C)NC(=O)[C@H](CCC(=O)O)NC(=O)[C@@H](N)CC(=O)O)[C@@H](CCCCN)C(=O)O. The Morgan fingerprint density at radius 2 is 1.25 bits per heavy atom. The first kappa shape index (κ1) is 43.9. The number of hydrogen-bond acceptors (Lipinski definition) is 10. The number of carbonyl (C=O) groups is 8. The van der Waals surface area contributed by atoms with Gasteiger partial charge in [0.2, 0.25) is 29.5 Å². The molecule has 5 amide bonds. The van der Waals surface area contributed by atoms with Crippen LogP contribution in [0.5, 0.6) is 0 Å². The van der Waals surface area contributed by atoms with Crippen molar-refractivity contribution in [1.29, 1.82) is 0 Å². The lowest BCUT2D eigenvalue weighted by Crippen LogP contribution is -2.60. The number of carbonyl (C=O) groups excluding carboxylic acids is 5. The van der Waals surface area contributed by atoms with Gasteiger partial charge in [-0.1, -0.05) is 30.3 Å². The van der Waals surface area contributed by atoms with E-state index >= 15 is 0 Å². The Labute approximate surface area is 296 Å². The maximum Gasteiger partial charge on any atom is 0.326 e. The highest BCUT2D eigenvalue weighted by Gasteiger charge is 2.37. The minimum absolute atomic E-state index is 0.0104. The highest BCUT2D eigenvalue weighted by molar-refractivity contribution is 5.96. The monoisotopic (exact) mass is 721 g/mol. The number of nitrogens with one attached hydrogen (secondary N) is 4. The zero-order valence-corrected chi connectivity index (χ0v) is 29.3. The lowest BCUT2D eigenvalue weighted by atomic mass is 10.0. The second-order valence-electron chi connectivity index (χ2n) is 12.4. The fourth-order valence-electron chi connectivity index (χ4n) is 5.04. The molecule has 1 rings (SSSR count). The zero-order valence-electron chi connectivity index (χ0n) is 29.3. The molecule has 0 radical (unpaired) electrons. The van der Waals surface area contributed by atoms with E-state index in [-0.39, 0.29) is 12.8 Å². The third-order valence-corrected chi connectivity index (χ3v) is 7.78. The van der Waals surface area contributed by atoms with Gasteiger partial charge >= 0.3 is 17.9 Å². The number of rotatable bonds is 23. The standard InChI is InChI=1S/C33H51N7O11/c1-18(2)40(25(33(50)51)12-8-9-15-34)32(49)24(16-21-10-6-5-7-11-21)39-29(46)20(4)36-28(45)19(3)37-31(48)23(13-14-26(41)42)38-30(47)22(35)17-27(43)44/h5-7,10-11,18-20,22-25H,8-9,12-17,34-35H2,1-4H3,(H,36,45)(H,37,48)(H,38,47)(H,39,46)(H,41,42)(H,43,44)(H,50,51)/t19-,20-,22-,23-,24-,25-/m0/s1. The Hall–Kier alpha value is -5.10. The van der Waals surface area contributed by atoms with Crippen molar-refractivity contribution in [2.24, 2.45) is 11.5 Å². The first-order valence-electron chi connectivity index (χ1n) is 16.6. The van der Waals surface area contributed by atoms with Crippen LogP contribution in [0.1, 0.15) is 71.8 Å². The van der Waals surface area contributed by atoms with Crippen LogP contribution in [-0.2, 0) is 44.8 Å². The molecule has 18 nitrogen and oxygen atoms in total. The van der Waals surface area contributed by atoms with Gasteiger partial charge in [0.15, 0.2) is 0 Å². The average molecular weight is 722 g/mol. The van der Waals surface area contributed by atoms with E-state index in [1.807, 2.05) is 0 Å². The molecule has 284 valence electrons. The molecule has 51 heavy (non-hydrogen) atoms. The van der Waals surface area contributed by atoms with Crippen LogP contribution in [0.25, 0.3) is 0 Å². The van der Waals surface area contributed by atoms with Gasteiger partial charge < -0.3 is 53.0 Å². The summed E-state index contributed by atoms with van der Waals surface area (Å²) in [6.45, 7) is 6.28. The van der Waals surface area contributed by atoms with Crippen LogP contribution in [-0.4, -0.2) is 117 Å². The molecule has 11 N–H and O–H groups in total. The Morgan fingerprint density at radius 3 is 1.76 bits per heavy atom. The molecule has 0 aliphatic rings. The molecule has 0 aliphatic heterocycles. The summed E-state index contributed by atoms with van der Waals surface area (Å²) in [7, 11) is 0. The van der Waals surface area contributed by atoms with Gasteiger partial charge in [-0.3, -0.25) is 33.6 Å². The zero-order chi connectivity index (χ0) is 38.8. The Kier molecular flexibility index (Phi) is 18.8. The molecular weight excluding hydrogens is 670 g/mol. The fraction of sp³-hybridized carbons (Fsp3) is 0.576. The Bertz CT molecular complexity index is 1380. The van der Waals surface area contributed by atoms with E-state index in [9.17, 15) is 43.5 Å². The minimum Gasteiger partial charge on any atom is -0.481 e. The van der Waals surface area contributed by atoms with Gasteiger partial charge in [-0.2, -0.15) is 0 Å². The van der Waals surface area contributed by atoms with Crippen molar-refractivity contribution in [1.82, 2.24) is 26.2 Å². The lowest BCUT2D eigenvalue weighted by molar-refractivity contribution is -0.153. The number of aliphatic carboxylic acids is 3. The molecule has 0 aliphatic carbocycles. The number of carboxylic acids is 3. The summed E-state index contributed by atoms with van der Waals surface area (Å²) in [5, 5.41) is 37.5. The molecule has 0 heterocycles. The normalized spacial score (nSPS) is 14.5. The predicted octanol–water partition coefficient (Wildman–Crippen LogP) is -1.31. The van der Waals surface area contributed by atoms with Crippen LogP contribution in [0.2, 0.25) is 0 Å². The van der Waals surface area contributed by atoms with Gasteiger partial charge in [0, 0.05) is 18.9 Å². The average Bonchev–Trinajstić information content (AvgIpc) is 3.05. The van der Waals surface area contributed by atoms with Gasteiger partial charge in [-0.05, 0) is 65.5 Å². The number of amides is 5. The first-order valence-corrected chi connectivity index (χ1v) is 16.6. The summed E-state index contributed by atoms with van der Waals surface area (Å²) in [5.41, 5.74) is 11.8. The number of hydrogen-bond donors (Lipinski definition) is 9. The quantitative estimate of drug-likeness (QED) is 0.0594. The highest BCUT2D eigenvalue weighted by atomic mass is 16.4. The van der Waals surface area contributed by atoms with Crippen molar-refractivity contribution in [2.75, 3.05) is 6.54 Å². The van der Waals surface area contributed by atoms with E-state index in [1.165, 1.54) is 18.7 Å². The van der Waals surface area contributed by atoms with Crippen LogP contribution in [0, 0.1) is 0 Å². The molecule has 0 fully saturated rings. The second-order valence-corrected chi connectivity index (χ2v) is 12.4. The molecule has 0 saturated heterocycles. The van der Waals surface area contributed by atoms with Crippen molar-refractivity contribution in [3.05, 3.63) is 35.9 Å². The van der Waals surface area contributed by atoms with Crippen molar-refractivity contribution in [2.45, 2.75) is 115 Å². The molecule has 0 unspecified atom stereocenters. The Balaban J connectivity index is 3.13. The first-order chi connectivity index (χ1) is 23.9. The number of nitrogens with zero attached hydrogens (tertiary/aromatic N) is 1. The largest absolute Gasteiger partial charge is 0.481 e. The van der Waals surface area contributed by atoms with E-state index in [0.717, 1.165) is 0 Å². The molecule has 1 aromatic rings.